The molecule has 0 bridgehead atoms. The molecule has 0 saturated heterocycles. The van der Waals surface area contributed by atoms with Gasteiger partial charge in [-0.1, -0.05) is 12.1 Å². The van der Waals surface area contributed by atoms with Crippen LogP contribution < -0.4 is 0 Å². The van der Waals surface area contributed by atoms with Crippen molar-refractivity contribution in [3.8, 4) is 0 Å². The van der Waals surface area contributed by atoms with Crippen LogP contribution in [0.4, 0.5) is 17.6 Å². The second-order valence-electron chi connectivity index (χ2n) is 3.48. The Hall–Kier alpha value is -1.83. The fourth-order valence-electron chi connectivity index (χ4n) is 1.44. The molecule has 1 atom stereocenters. The Bertz CT molecular complexity index is 513. The lowest BCUT2D eigenvalue weighted by Gasteiger charge is -2.17. The van der Waals surface area contributed by atoms with E-state index in [0.29, 0.717) is 6.07 Å². The summed E-state index contributed by atoms with van der Waals surface area (Å²) in [4.78, 5) is 10.7. The molecule has 0 aliphatic carbocycles. The molecule has 1 aromatic carbocycles. The first kappa shape index (κ1) is 12.6. The van der Waals surface area contributed by atoms with Gasteiger partial charge in [0.15, 0.2) is 6.23 Å². The van der Waals surface area contributed by atoms with Crippen LogP contribution in [-0.4, -0.2) is 12.5 Å². The molecule has 96 valence electrons. The van der Waals surface area contributed by atoms with E-state index < -0.39 is 41.9 Å². The predicted octanol–water partition coefficient (Wildman–Crippen LogP) is 2.85. The number of hydrogen-bond acceptors (Lipinski definition) is 3. The second kappa shape index (κ2) is 4.45. The summed E-state index contributed by atoms with van der Waals surface area (Å²) in [6.45, 7) is -0.441. The molecule has 1 heterocycles. The van der Waals surface area contributed by atoms with Crippen LogP contribution in [0.2, 0.25) is 0 Å². The van der Waals surface area contributed by atoms with Crippen molar-refractivity contribution in [2.24, 2.45) is 10.2 Å². The van der Waals surface area contributed by atoms with E-state index in [-0.39, 0.29) is 0 Å². The standard InChI is InChI=1S/C10H6F4N2O2/c11-8-5(9-16-15-7(17)4-18-9)2-1-3-6(8)10(12,13)14/h1-3,9H,4H2. The third-order valence-corrected chi connectivity index (χ3v) is 2.24. The van der Waals surface area contributed by atoms with Crippen molar-refractivity contribution >= 4 is 5.91 Å². The first-order valence-corrected chi connectivity index (χ1v) is 4.80. The smallest absolute Gasteiger partial charge is 0.340 e. The van der Waals surface area contributed by atoms with Gasteiger partial charge in [-0.3, -0.25) is 4.79 Å². The van der Waals surface area contributed by atoms with Crippen molar-refractivity contribution in [3.05, 3.63) is 35.1 Å². The van der Waals surface area contributed by atoms with Gasteiger partial charge < -0.3 is 4.74 Å². The van der Waals surface area contributed by atoms with Crippen LogP contribution in [0.25, 0.3) is 0 Å². The first-order valence-electron chi connectivity index (χ1n) is 4.80. The molecule has 4 nitrogen and oxygen atoms in total. The van der Waals surface area contributed by atoms with Crippen LogP contribution >= 0.6 is 0 Å². The number of ether oxygens (including phenoxy) is 1. The highest BCUT2D eigenvalue weighted by atomic mass is 19.4. The largest absolute Gasteiger partial charge is 0.419 e. The van der Waals surface area contributed by atoms with Gasteiger partial charge in [-0.05, 0) is 6.07 Å². The zero-order valence-corrected chi connectivity index (χ0v) is 8.74. The van der Waals surface area contributed by atoms with E-state index in [9.17, 15) is 22.4 Å². The number of halogens is 4. The van der Waals surface area contributed by atoms with Gasteiger partial charge in [0.05, 0.1) is 5.56 Å². The van der Waals surface area contributed by atoms with E-state index in [1.165, 1.54) is 0 Å². The highest BCUT2D eigenvalue weighted by Gasteiger charge is 2.36. The number of azo groups is 1. The molecule has 1 aromatic rings. The molecule has 0 radical (unpaired) electrons. The third kappa shape index (κ3) is 2.37. The minimum atomic E-state index is -4.80. The summed E-state index contributed by atoms with van der Waals surface area (Å²) in [5.41, 5.74) is -1.81. The Balaban J connectivity index is 2.41. The van der Waals surface area contributed by atoms with Gasteiger partial charge in [-0.2, -0.15) is 13.2 Å². The summed E-state index contributed by atoms with van der Waals surface area (Å²) in [6.07, 6.45) is -6.13. The predicted molar refractivity (Wildman–Crippen MR) is 50.0 cm³/mol. The van der Waals surface area contributed by atoms with Crippen LogP contribution in [0.5, 0.6) is 0 Å². The van der Waals surface area contributed by atoms with E-state index >= 15 is 0 Å². The molecule has 1 aliphatic heterocycles. The highest BCUT2D eigenvalue weighted by Crippen LogP contribution is 2.35. The lowest BCUT2D eigenvalue weighted by molar-refractivity contribution is -0.140. The number of hydrogen-bond donors (Lipinski definition) is 0. The summed E-state index contributed by atoms with van der Waals surface area (Å²) in [5, 5.41) is 6.44. The Morgan fingerprint density at radius 2 is 2.06 bits per heavy atom. The fourth-order valence-corrected chi connectivity index (χ4v) is 1.44. The number of rotatable bonds is 1. The molecule has 18 heavy (non-hydrogen) atoms. The maximum Gasteiger partial charge on any atom is 0.419 e. The Labute approximate surface area is 98.3 Å². The lowest BCUT2D eigenvalue weighted by atomic mass is 10.1. The van der Waals surface area contributed by atoms with E-state index in [1.807, 2.05) is 0 Å². The lowest BCUT2D eigenvalue weighted by Crippen LogP contribution is -2.17. The van der Waals surface area contributed by atoms with Gasteiger partial charge in [0, 0.05) is 5.56 Å². The SMILES string of the molecule is O=C1COC(c2cccc(C(F)(F)F)c2F)N=N1. The Morgan fingerprint density at radius 1 is 1.33 bits per heavy atom. The third-order valence-electron chi connectivity index (χ3n) is 2.24. The van der Waals surface area contributed by atoms with Gasteiger partial charge in [-0.25, -0.2) is 4.39 Å². The minimum Gasteiger partial charge on any atom is -0.340 e. The maximum atomic E-state index is 13.7. The van der Waals surface area contributed by atoms with Crippen molar-refractivity contribution in [1.82, 2.24) is 0 Å². The Morgan fingerprint density at radius 3 is 2.61 bits per heavy atom. The molecule has 0 saturated carbocycles. The fraction of sp³-hybridized carbons (Fsp3) is 0.300. The number of carbonyl (C=O) groups excluding carboxylic acids is 1. The molecule has 0 N–H and O–H groups in total. The number of amides is 1. The number of benzene rings is 1. The van der Waals surface area contributed by atoms with Crippen molar-refractivity contribution in [2.45, 2.75) is 12.4 Å². The summed E-state index contributed by atoms with van der Waals surface area (Å²) < 4.78 is 55.9. The van der Waals surface area contributed by atoms with Crippen LogP contribution in [0, 0.1) is 5.82 Å². The molecule has 1 unspecified atom stereocenters. The topological polar surface area (TPSA) is 51.0 Å². The van der Waals surface area contributed by atoms with Gasteiger partial charge >= 0.3 is 6.18 Å². The summed E-state index contributed by atoms with van der Waals surface area (Å²) >= 11 is 0. The highest BCUT2D eigenvalue weighted by molar-refractivity contribution is 5.77. The van der Waals surface area contributed by atoms with E-state index in [4.69, 9.17) is 4.74 Å². The monoisotopic (exact) mass is 262 g/mol. The van der Waals surface area contributed by atoms with Crippen molar-refractivity contribution in [1.29, 1.82) is 0 Å². The summed E-state index contributed by atoms with van der Waals surface area (Å²) in [7, 11) is 0. The van der Waals surface area contributed by atoms with Crippen LogP contribution in [-0.2, 0) is 15.7 Å². The number of alkyl halides is 3. The molecule has 0 aromatic heterocycles. The van der Waals surface area contributed by atoms with Crippen molar-refractivity contribution < 1.29 is 27.1 Å². The molecule has 8 heteroatoms. The van der Waals surface area contributed by atoms with Gasteiger partial charge in [0.2, 0.25) is 0 Å². The quantitative estimate of drug-likeness (QED) is 0.730. The van der Waals surface area contributed by atoms with E-state index in [0.717, 1.165) is 12.1 Å². The van der Waals surface area contributed by atoms with Crippen molar-refractivity contribution in [2.75, 3.05) is 6.61 Å². The van der Waals surface area contributed by atoms with Crippen LogP contribution in [0.15, 0.2) is 28.4 Å². The molecular formula is C10H6F4N2O2. The maximum absolute atomic E-state index is 13.7. The molecule has 0 fully saturated rings. The normalized spacial score (nSPS) is 20.2. The zero-order valence-electron chi connectivity index (χ0n) is 8.74. The van der Waals surface area contributed by atoms with Crippen molar-refractivity contribution in [3.63, 3.8) is 0 Å². The number of carbonyl (C=O) groups is 1. The first-order chi connectivity index (χ1) is 8.39. The van der Waals surface area contributed by atoms with Crippen LogP contribution in [0.3, 0.4) is 0 Å². The Kier molecular flexibility index (Phi) is 3.12. The van der Waals surface area contributed by atoms with E-state index in [2.05, 4.69) is 10.2 Å². The van der Waals surface area contributed by atoms with Gasteiger partial charge in [0.1, 0.15) is 12.4 Å². The van der Waals surface area contributed by atoms with E-state index in [1.54, 1.807) is 0 Å². The molecule has 0 spiro atoms. The summed E-state index contributed by atoms with van der Waals surface area (Å²) in [6, 6.07) is 2.75. The number of nitrogens with zero attached hydrogens (tertiary/aromatic N) is 2. The molecular weight excluding hydrogens is 256 g/mol. The average Bonchev–Trinajstić information content (AvgIpc) is 2.29. The second-order valence-corrected chi connectivity index (χ2v) is 3.48. The van der Waals surface area contributed by atoms with Gasteiger partial charge in [0.25, 0.3) is 5.91 Å². The average molecular weight is 262 g/mol. The minimum absolute atomic E-state index is 0.402. The van der Waals surface area contributed by atoms with Gasteiger partial charge in [-0.15, -0.1) is 10.2 Å². The zero-order chi connectivity index (χ0) is 13.3. The molecule has 1 amide bonds. The molecule has 2 rings (SSSR count). The van der Waals surface area contributed by atoms with Crippen LogP contribution in [0.1, 0.15) is 17.4 Å². The summed E-state index contributed by atoms with van der Waals surface area (Å²) in [5.74, 6) is -2.14. The molecule has 1 aliphatic rings.